The highest BCUT2D eigenvalue weighted by Crippen LogP contribution is 2.70. The maximum absolute atomic E-state index is 14.6. The molecule has 4 aromatic rings. The molecule has 0 saturated heterocycles. The molecule has 3 atom stereocenters. The van der Waals surface area contributed by atoms with Crippen LogP contribution in [0.1, 0.15) is 88.3 Å². The first-order valence-corrected chi connectivity index (χ1v) is 15.8. The van der Waals surface area contributed by atoms with Crippen LogP contribution in [0.5, 0.6) is 0 Å². The summed E-state index contributed by atoms with van der Waals surface area (Å²) >= 11 is 0. The monoisotopic (exact) mass is 565 g/mol. The SMILES string of the molecule is O=C(N(CC1CCC2(c3nc(C4CC4)no3)CCCC1C2)c1cccc(-c2ccn3ccnc3c2)c1)C12CC(F)(C1)C2. The van der Waals surface area contributed by atoms with Gasteiger partial charge in [-0.05, 0) is 105 Å². The molecule has 4 bridgehead atoms. The maximum atomic E-state index is 14.6. The van der Waals surface area contributed by atoms with Crippen molar-refractivity contribution in [3.8, 4) is 11.1 Å². The van der Waals surface area contributed by atoms with Gasteiger partial charge in [-0.3, -0.25) is 4.79 Å². The lowest BCUT2D eigenvalue weighted by Gasteiger charge is -2.65. The summed E-state index contributed by atoms with van der Waals surface area (Å²) < 4.78 is 22.5. The number of halogens is 1. The number of alkyl halides is 1. The minimum atomic E-state index is -1.11. The zero-order valence-electron chi connectivity index (χ0n) is 23.8. The Balaban J connectivity index is 1.01. The molecular formula is C34H36FN5O2. The van der Waals surface area contributed by atoms with E-state index in [-0.39, 0.29) is 11.3 Å². The maximum Gasteiger partial charge on any atom is 0.233 e. The third-order valence-electron chi connectivity index (χ3n) is 11.4. The van der Waals surface area contributed by atoms with E-state index in [1.807, 2.05) is 27.8 Å². The summed E-state index contributed by atoms with van der Waals surface area (Å²) in [7, 11) is 0. The van der Waals surface area contributed by atoms with E-state index in [9.17, 15) is 9.18 Å². The van der Waals surface area contributed by atoms with E-state index in [1.165, 1.54) is 19.3 Å². The van der Waals surface area contributed by atoms with Crippen molar-refractivity contribution in [1.29, 1.82) is 0 Å². The summed E-state index contributed by atoms with van der Waals surface area (Å²) in [4.78, 5) is 25.6. The highest BCUT2D eigenvalue weighted by molar-refractivity contribution is 6.00. The first-order valence-electron chi connectivity index (χ1n) is 15.8. The Morgan fingerprint density at radius 3 is 2.74 bits per heavy atom. The summed E-state index contributed by atoms with van der Waals surface area (Å²) in [6.45, 7) is 0.681. The standard InChI is InChI=1S/C34H36FN5O2/c35-34-19-33(20-34,21-34)31(41)40(27-5-1-3-23(15-27)24-9-13-39-14-12-36-28(39)16-24)18-26-8-11-32(10-2-4-25(26)17-32)30-37-29(38-42-30)22-6-7-22/h1,3,5,9,12-16,22,25-26H,2,4,6-8,10-11,17-21H2. The summed E-state index contributed by atoms with van der Waals surface area (Å²) in [5.41, 5.74) is 2.27. The smallest absolute Gasteiger partial charge is 0.233 e. The van der Waals surface area contributed by atoms with Crippen LogP contribution in [0.15, 0.2) is 59.5 Å². The van der Waals surface area contributed by atoms with Gasteiger partial charge in [-0.2, -0.15) is 4.98 Å². The third kappa shape index (κ3) is 3.82. The normalized spacial score (nSPS) is 33.2. The Labute approximate surface area is 244 Å². The molecule has 7 nitrogen and oxygen atoms in total. The molecule has 3 unspecified atom stereocenters. The van der Waals surface area contributed by atoms with Gasteiger partial charge in [0.25, 0.3) is 0 Å². The molecular weight excluding hydrogens is 529 g/mol. The Kier molecular flexibility index (Phi) is 5.20. The van der Waals surface area contributed by atoms with Crippen LogP contribution >= 0.6 is 0 Å². The molecule has 8 heteroatoms. The van der Waals surface area contributed by atoms with Crippen molar-refractivity contribution >= 4 is 17.2 Å². The number of hydrogen-bond donors (Lipinski definition) is 0. The van der Waals surface area contributed by atoms with E-state index in [2.05, 4.69) is 40.5 Å². The second-order valence-corrected chi connectivity index (χ2v) is 14.2. The average molecular weight is 566 g/mol. The summed E-state index contributed by atoms with van der Waals surface area (Å²) in [6.07, 6.45) is 15.8. The van der Waals surface area contributed by atoms with E-state index in [4.69, 9.17) is 9.51 Å². The van der Waals surface area contributed by atoms with Crippen molar-refractivity contribution in [3.63, 3.8) is 0 Å². The molecule has 0 aliphatic heterocycles. The summed E-state index contributed by atoms with van der Waals surface area (Å²) in [5, 5.41) is 4.35. The van der Waals surface area contributed by atoms with Gasteiger partial charge in [0.2, 0.25) is 11.8 Å². The number of anilines is 1. The number of rotatable bonds is 7. The second-order valence-electron chi connectivity index (χ2n) is 14.2. The van der Waals surface area contributed by atoms with Gasteiger partial charge in [0.1, 0.15) is 11.3 Å². The van der Waals surface area contributed by atoms with Crippen molar-refractivity contribution in [2.45, 2.75) is 87.6 Å². The van der Waals surface area contributed by atoms with Gasteiger partial charge in [0.15, 0.2) is 5.82 Å². The molecule has 6 saturated carbocycles. The van der Waals surface area contributed by atoms with E-state index < -0.39 is 11.1 Å². The molecule has 10 rings (SSSR count). The van der Waals surface area contributed by atoms with Crippen LogP contribution in [-0.4, -0.2) is 37.6 Å². The first-order chi connectivity index (χ1) is 20.4. The fourth-order valence-electron chi connectivity index (χ4n) is 8.90. The lowest BCUT2D eigenvalue weighted by molar-refractivity contribution is -0.211. The van der Waals surface area contributed by atoms with Crippen molar-refractivity contribution in [3.05, 3.63) is 66.7 Å². The van der Waals surface area contributed by atoms with Crippen molar-refractivity contribution in [2.75, 3.05) is 11.4 Å². The zero-order valence-corrected chi connectivity index (χ0v) is 23.8. The topological polar surface area (TPSA) is 76.5 Å². The number of fused-ring (bicyclic) bond motifs is 3. The number of hydrogen-bond acceptors (Lipinski definition) is 5. The number of nitrogens with zero attached hydrogens (tertiary/aromatic N) is 5. The van der Waals surface area contributed by atoms with Crippen LogP contribution in [0, 0.1) is 17.3 Å². The van der Waals surface area contributed by atoms with Crippen LogP contribution in [0.3, 0.4) is 0 Å². The predicted molar refractivity (Wildman–Crippen MR) is 156 cm³/mol. The summed E-state index contributed by atoms with van der Waals surface area (Å²) in [6, 6.07) is 12.5. The number of carbonyl (C=O) groups excluding carboxylic acids is 1. The van der Waals surface area contributed by atoms with Gasteiger partial charge >= 0.3 is 0 Å². The number of aromatic nitrogens is 4. The van der Waals surface area contributed by atoms with Gasteiger partial charge in [0.05, 0.1) is 5.41 Å². The van der Waals surface area contributed by atoms with E-state index in [0.29, 0.717) is 43.6 Å². The summed E-state index contributed by atoms with van der Waals surface area (Å²) in [5.74, 6) is 3.25. The lowest BCUT2D eigenvalue weighted by atomic mass is 9.42. The molecule has 6 aliphatic rings. The molecule has 0 N–H and O–H groups in total. The quantitative estimate of drug-likeness (QED) is 0.241. The van der Waals surface area contributed by atoms with Gasteiger partial charge in [-0.15, -0.1) is 0 Å². The lowest BCUT2D eigenvalue weighted by Crippen LogP contribution is -2.70. The van der Waals surface area contributed by atoms with Gasteiger partial charge in [-0.1, -0.05) is 30.1 Å². The van der Waals surface area contributed by atoms with E-state index in [0.717, 1.165) is 66.3 Å². The van der Waals surface area contributed by atoms with Crippen LogP contribution in [0.2, 0.25) is 0 Å². The Morgan fingerprint density at radius 2 is 1.90 bits per heavy atom. The van der Waals surface area contributed by atoms with Crippen molar-refractivity contribution in [2.24, 2.45) is 17.3 Å². The molecule has 216 valence electrons. The molecule has 3 heterocycles. The number of carbonyl (C=O) groups is 1. The Bertz CT molecular complexity index is 1690. The van der Waals surface area contributed by atoms with Gasteiger partial charge < -0.3 is 13.8 Å². The van der Waals surface area contributed by atoms with Crippen molar-refractivity contribution < 1.29 is 13.7 Å². The molecule has 42 heavy (non-hydrogen) atoms. The zero-order chi connectivity index (χ0) is 28.1. The molecule has 3 aromatic heterocycles. The first kappa shape index (κ1) is 25.0. The third-order valence-corrected chi connectivity index (χ3v) is 11.4. The molecule has 1 amide bonds. The Hall–Kier alpha value is -3.55. The largest absolute Gasteiger partial charge is 0.339 e. The van der Waals surface area contributed by atoms with Gasteiger partial charge in [0, 0.05) is 42.2 Å². The van der Waals surface area contributed by atoms with E-state index >= 15 is 0 Å². The number of benzene rings is 1. The van der Waals surface area contributed by atoms with Crippen molar-refractivity contribution in [1.82, 2.24) is 19.5 Å². The van der Waals surface area contributed by atoms with Crippen LogP contribution in [-0.2, 0) is 10.2 Å². The van der Waals surface area contributed by atoms with Crippen LogP contribution in [0.25, 0.3) is 16.8 Å². The molecule has 6 fully saturated rings. The molecule has 0 radical (unpaired) electrons. The molecule has 6 aliphatic carbocycles. The number of amides is 1. The van der Waals surface area contributed by atoms with Gasteiger partial charge in [-0.25, -0.2) is 9.37 Å². The van der Waals surface area contributed by atoms with E-state index in [1.54, 1.807) is 6.20 Å². The highest BCUT2D eigenvalue weighted by Gasteiger charge is 2.73. The Morgan fingerprint density at radius 1 is 1.05 bits per heavy atom. The predicted octanol–water partition coefficient (Wildman–Crippen LogP) is 7.03. The minimum absolute atomic E-state index is 0.0196. The minimum Gasteiger partial charge on any atom is -0.339 e. The highest BCUT2D eigenvalue weighted by atomic mass is 19.1. The molecule has 1 aromatic carbocycles. The second kappa shape index (κ2) is 8.74. The van der Waals surface area contributed by atoms with Crippen LogP contribution in [0.4, 0.5) is 10.1 Å². The fourth-order valence-corrected chi connectivity index (χ4v) is 8.90. The fraction of sp³-hybridized carbons (Fsp3) is 0.529. The average Bonchev–Trinajstić information content (AvgIpc) is 3.50. The molecule has 0 spiro atoms. The van der Waals surface area contributed by atoms with Crippen LogP contribution < -0.4 is 4.90 Å². The number of pyridine rings is 1. The number of imidazole rings is 1.